The van der Waals surface area contributed by atoms with E-state index in [-0.39, 0.29) is 24.2 Å². The monoisotopic (exact) mass is 405 g/mol. The van der Waals surface area contributed by atoms with Crippen molar-refractivity contribution in [2.75, 3.05) is 24.2 Å². The molecular formula is C20H24ClN3O2S. The van der Waals surface area contributed by atoms with Crippen LogP contribution in [0.2, 0.25) is 0 Å². The van der Waals surface area contributed by atoms with Gasteiger partial charge in [0.05, 0.1) is 5.69 Å². The molecule has 0 spiro atoms. The van der Waals surface area contributed by atoms with E-state index in [1.54, 1.807) is 17.8 Å². The first-order valence-corrected chi connectivity index (χ1v) is 9.76. The molecule has 0 aliphatic carbocycles. The molecule has 0 radical (unpaired) electrons. The van der Waals surface area contributed by atoms with Crippen molar-refractivity contribution in [1.82, 2.24) is 4.90 Å². The smallest absolute Gasteiger partial charge is 0.254 e. The predicted octanol–water partition coefficient (Wildman–Crippen LogP) is 3.53. The number of fused-ring (bicyclic) bond motifs is 1. The molecule has 1 heterocycles. The molecule has 0 unspecified atom stereocenters. The van der Waals surface area contributed by atoms with E-state index in [1.165, 1.54) is 0 Å². The van der Waals surface area contributed by atoms with Crippen LogP contribution in [0.5, 0.6) is 0 Å². The number of benzene rings is 2. The first-order valence-electron chi connectivity index (χ1n) is 8.77. The van der Waals surface area contributed by atoms with Gasteiger partial charge in [-0.3, -0.25) is 9.59 Å². The Labute approximate surface area is 170 Å². The lowest BCUT2D eigenvalue weighted by Crippen LogP contribution is -2.32. The SMILES string of the molecule is Cl.NCCCN(Cc1ccccc1)C(=O)c1ccc2c(c1)NC(=O)CCS2. The molecule has 3 N–H and O–H groups in total. The summed E-state index contributed by atoms with van der Waals surface area (Å²) < 4.78 is 0. The van der Waals surface area contributed by atoms with Gasteiger partial charge in [0.25, 0.3) is 5.91 Å². The normalized spacial score (nSPS) is 13.0. The van der Waals surface area contributed by atoms with Crippen LogP contribution in [0.3, 0.4) is 0 Å². The van der Waals surface area contributed by atoms with Crippen LogP contribution in [-0.2, 0) is 11.3 Å². The van der Waals surface area contributed by atoms with Gasteiger partial charge in [0.1, 0.15) is 0 Å². The molecule has 1 aliphatic heterocycles. The van der Waals surface area contributed by atoms with Gasteiger partial charge in [0.15, 0.2) is 0 Å². The van der Waals surface area contributed by atoms with Crippen molar-refractivity contribution in [3.63, 3.8) is 0 Å². The Bertz CT molecular complexity index is 786. The van der Waals surface area contributed by atoms with Gasteiger partial charge in [-0.1, -0.05) is 30.3 Å². The highest BCUT2D eigenvalue weighted by atomic mass is 35.5. The van der Waals surface area contributed by atoms with Crippen molar-refractivity contribution < 1.29 is 9.59 Å². The fourth-order valence-electron chi connectivity index (χ4n) is 2.87. The minimum atomic E-state index is -0.0476. The molecule has 2 amide bonds. The number of rotatable bonds is 6. The van der Waals surface area contributed by atoms with E-state index >= 15 is 0 Å². The molecule has 27 heavy (non-hydrogen) atoms. The Hall–Kier alpha value is -2.02. The van der Waals surface area contributed by atoms with Gasteiger partial charge in [0.2, 0.25) is 5.91 Å². The highest BCUT2D eigenvalue weighted by Gasteiger charge is 2.19. The number of thioether (sulfide) groups is 1. The Kier molecular flexibility index (Phi) is 8.16. The van der Waals surface area contributed by atoms with Crippen LogP contribution >= 0.6 is 24.2 Å². The van der Waals surface area contributed by atoms with Crippen LogP contribution in [0, 0.1) is 0 Å². The van der Waals surface area contributed by atoms with Crippen LogP contribution in [-0.4, -0.2) is 35.6 Å². The molecule has 0 saturated carbocycles. The second-order valence-electron chi connectivity index (χ2n) is 6.21. The summed E-state index contributed by atoms with van der Waals surface area (Å²) in [5.41, 5.74) is 8.03. The molecule has 0 bridgehead atoms. The van der Waals surface area contributed by atoms with Crippen LogP contribution in [0.1, 0.15) is 28.8 Å². The lowest BCUT2D eigenvalue weighted by atomic mass is 10.1. The van der Waals surface area contributed by atoms with Gasteiger partial charge in [-0.25, -0.2) is 0 Å². The quantitative estimate of drug-likeness (QED) is 0.770. The summed E-state index contributed by atoms with van der Waals surface area (Å²) in [7, 11) is 0. The van der Waals surface area contributed by atoms with Crippen molar-refractivity contribution in [1.29, 1.82) is 0 Å². The van der Waals surface area contributed by atoms with Crippen LogP contribution < -0.4 is 11.1 Å². The largest absolute Gasteiger partial charge is 0.334 e. The van der Waals surface area contributed by atoms with Crippen LogP contribution in [0.25, 0.3) is 0 Å². The fraction of sp³-hybridized carbons (Fsp3) is 0.300. The number of carbonyl (C=O) groups is 2. The van der Waals surface area contributed by atoms with Crippen molar-refractivity contribution in [2.24, 2.45) is 5.73 Å². The summed E-state index contributed by atoms with van der Waals surface area (Å²) in [6.07, 6.45) is 1.23. The molecule has 2 aromatic carbocycles. The van der Waals surface area contributed by atoms with E-state index in [1.807, 2.05) is 47.4 Å². The second-order valence-corrected chi connectivity index (χ2v) is 7.35. The van der Waals surface area contributed by atoms with Gasteiger partial charge in [0, 0.05) is 35.7 Å². The maximum Gasteiger partial charge on any atom is 0.254 e. The summed E-state index contributed by atoms with van der Waals surface area (Å²) >= 11 is 1.63. The number of hydrogen-bond donors (Lipinski definition) is 2. The topological polar surface area (TPSA) is 75.4 Å². The Balaban J connectivity index is 0.00000261. The predicted molar refractivity (Wildman–Crippen MR) is 113 cm³/mol. The van der Waals surface area contributed by atoms with Gasteiger partial charge in [-0.05, 0) is 36.7 Å². The number of carbonyl (C=O) groups excluding carboxylic acids is 2. The molecule has 144 valence electrons. The minimum Gasteiger partial charge on any atom is -0.334 e. The summed E-state index contributed by atoms with van der Waals surface area (Å²) in [6.45, 7) is 1.68. The van der Waals surface area contributed by atoms with Crippen LogP contribution in [0.4, 0.5) is 5.69 Å². The Morgan fingerprint density at radius 2 is 1.96 bits per heavy atom. The van der Waals surface area contributed by atoms with Gasteiger partial charge in [-0.15, -0.1) is 24.2 Å². The Morgan fingerprint density at radius 1 is 1.19 bits per heavy atom. The average Bonchev–Trinajstić information content (AvgIpc) is 2.85. The maximum atomic E-state index is 13.1. The Morgan fingerprint density at radius 3 is 2.70 bits per heavy atom. The number of nitrogens with zero attached hydrogens (tertiary/aromatic N) is 1. The van der Waals surface area contributed by atoms with Gasteiger partial charge < -0.3 is 16.0 Å². The molecule has 0 fully saturated rings. The van der Waals surface area contributed by atoms with Crippen LogP contribution in [0.15, 0.2) is 53.4 Å². The van der Waals surface area contributed by atoms with E-state index in [2.05, 4.69) is 5.32 Å². The lowest BCUT2D eigenvalue weighted by molar-refractivity contribution is -0.115. The highest BCUT2D eigenvalue weighted by molar-refractivity contribution is 7.99. The maximum absolute atomic E-state index is 13.1. The van der Waals surface area contributed by atoms with Gasteiger partial charge >= 0.3 is 0 Å². The molecule has 2 aromatic rings. The summed E-state index contributed by atoms with van der Waals surface area (Å²) in [6, 6.07) is 15.5. The lowest BCUT2D eigenvalue weighted by Gasteiger charge is -2.23. The molecule has 0 saturated heterocycles. The van der Waals surface area contributed by atoms with Gasteiger partial charge in [-0.2, -0.15) is 0 Å². The first kappa shape index (κ1) is 21.3. The highest BCUT2D eigenvalue weighted by Crippen LogP contribution is 2.31. The molecule has 5 nitrogen and oxygen atoms in total. The van der Waals surface area contributed by atoms with E-state index in [4.69, 9.17) is 5.73 Å². The molecule has 1 aliphatic rings. The zero-order chi connectivity index (χ0) is 18.4. The zero-order valence-electron chi connectivity index (χ0n) is 15.0. The first-order chi connectivity index (χ1) is 12.7. The minimum absolute atomic E-state index is 0. The fourth-order valence-corrected chi connectivity index (χ4v) is 3.81. The molecule has 0 atom stereocenters. The number of halogens is 1. The van der Waals surface area contributed by atoms with E-state index in [0.717, 1.165) is 28.3 Å². The summed E-state index contributed by atoms with van der Waals surface area (Å²) in [5, 5.41) is 2.90. The molecule has 7 heteroatoms. The summed E-state index contributed by atoms with van der Waals surface area (Å²) in [5.74, 6) is 0.696. The third-order valence-electron chi connectivity index (χ3n) is 4.22. The number of nitrogens with one attached hydrogen (secondary N) is 1. The standard InChI is InChI=1S/C20H23N3O2S.ClH/c21-10-4-11-23(14-15-5-2-1-3-6-15)20(25)16-7-8-18-17(13-16)22-19(24)9-12-26-18;/h1-3,5-8,13H,4,9-12,14,21H2,(H,22,24);1H. The third-order valence-corrected chi connectivity index (χ3v) is 5.30. The summed E-state index contributed by atoms with van der Waals surface area (Å²) in [4.78, 5) is 27.7. The average molecular weight is 406 g/mol. The van der Waals surface area contributed by atoms with E-state index < -0.39 is 0 Å². The van der Waals surface area contributed by atoms with Crippen molar-refractivity contribution in [2.45, 2.75) is 24.3 Å². The number of amides is 2. The number of nitrogens with two attached hydrogens (primary N) is 1. The third kappa shape index (κ3) is 5.73. The van der Waals surface area contributed by atoms with E-state index in [0.29, 0.717) is 31.6 Å². The van der Waals surface area contributed by atoms with Crippen molar-refractivity contribution in [3.8, 4) is 0 Å². The van der Waals surface area contributed by atoms with E-state index in [9.17, 15) is 9.59 Å². The zero-order valence-corrected chi connectivity index (χ0v) is 16.7. The molecule has 3 rings (SSSR count). The second kappa shape index (κ2) is 10.3. The molecular weight excluding hydrogens is 382 g/mol. The number of hydrogen-bond acceptors (Lipinski definition) is 4. The van der Waals surface area contributed by atoms with Crippen molar-refractivity contribution in [3.05, 3.63) is 59.7 Å². The number of anilines is 1. The van der Waals surface area contributed by atoms with Crippen molar-refractivity contribution >= 4 is 41.7 Å². The molecule has 0 aromatic heterocycles.